The van der Waals surface area contributed by atoms with Crippen molar-refractivity contribution in [3.8, 4) is 0 Å². The van der Waals surface area contributed by atoms with Crippen LogP contribution >= 0.6 is 0 Å². The molecule has 1 atom stereocenters. The van der Waals surface area contributed by atoms with Crippen molar-refractivity contribution in [2.45, 2.75) is 39.4 Å². The number of alkyl halides is 3. The highest BCUT2D eigenvalue weighted by atomic mass is 19.4. The first-order valence-corrected chi connectivity index (χ1v) is 5.35. The molecule has 0 aliphatic rings. The van der Waals surface area contributed by atoms with Crippen LogP contribution in [0.5, 0.6) is 0 Å². The highest BCUT2D eigenvalue weighted by Gasteiger charge is 2.41. The molecule has 0 rings (SSSR count). The van der Waals surface area contributed by atoms with Crippen LogP contribution in [-0.4, -0.2) is 31.2 Å². The van der Waals surface area contributed by atoms with E-state index in [-0.39, 0.29) is 6.54 Å². The van der Waals surface area contributed by atoms with E-state index in [1.165, 1.54) is 13.8 Å². The Bertz CT molecular complexity index is 217. The highest BCUT2D eigenvalue weighted by molar-refractivity contribution is 5.77. The van der Waals surface area contributed by atoms with Gasteiger partial charge in [-0.25, -0.2) is 0 Å². The van der Waals surface area contributed by atoms with E-state index in [0.717, 1.165) is 6.42 Å². The van der Waals surface area contributed by atoms with Gasteiger partial charge in [0.2, 0.25) is 5.91 Å². The lowest BCUT2D eigenvalue weighted by atomic mass is 10.0. The van der Waals surface area contributed by atoms with E-state index < -0.39 is 24.0 Å². The molecule has 0 aromatic heterocycles. The summed E-state index contributed by atoms with van der Waals surface area (Å²) in [4.78, 5) is 11.1. The summed E-state index contributed by atoms with van der Waals surface area (Å²) in [7, 11) is 0. The van der Waals surface area contributed by atoms with Crippen LogP contribution in [0.2, 0.25) is 0 Å². The molecule has 0 saturated carbocycles. The van der Waals surface area contributed by atoms with Crippen molar-refractivity contribution in [2.24, 2.45) is 5.92 Å². The van der Waals surface area contributed by atoms with Crippen LogP contribution in [-0.2, 0) is 4.79 Å². The van der Waals surface area contributed by atoms with Crippen molar-refractivity contribution in [2.75, 3.05) is 13.1 Å². The molecule has 0 saturated heterocycles. The molecule has 0 fully saturated rings. The van der Waals surface area contributed by atoms with E-state index in [2.05, 4.69) is 10.6 Å². The highest BCUT2D eigenvalue weighted by Crippen LogP contribution is 2.25. The second-order valence-corrected chi connectivity index (χ2v) is 3.99. The maximum absolute atomic E-state index is 12.5. The number of carbonyl (C=O) groups is 1. The van der Waals surface area contributed by atoms with Crippen molar-refractivity contribution in [3.05, 3.63) is 0 Å². The number of carbonyl (C=O) groups excluding carboxylic acids is 1. The molecule has 0 spiro atoms. The number of halogens is 3. The molecule has 0 radical (unpaired) electrons. The summed E-state index contributed by atoms with van der Waals surface area (Å²) in [5.74, 6) is -1.00. The van der Waals surface area contributed by atoms with E-state index in [4.69, 9.17) is 0 Å². The minimum atomic E-state index is -4.32. The van der Waals surface area contributed by atoms with Crippen molar-refractivity contribution >= 4 is 5.91 Å². The molecular weight excluding hydrogens is 221 g/mol. The average Bonchev–Trinajstić information content (AvgIpc) is 2.12. The smallest absolute Gasteiger partial charge is 0.355 e. The number of hydrogen-bond donors (Lipinski definition) is 2. The zero-order valence-corrected chi connectivity index (χ0v) is 9.82. The number of nitrogens with one attached hydrogen (secondary N) is 2. The fraction of sp³-hybridized carbons (Fsp3) is 0.900. The lowest BCUT2D eigenvalue weighted by Gasteiger charge is -2.24. The Morgan fingerprint density at radius 3 is 2.25 bits per heavy atom. The molecule has 0 heterocycles. The van der Waals surface area contributed by atoms with Gasteiger partial charge in [-0.2, -0.15) is 13.2 Å². The summed E-state index contributed by atoms with van der Waals surface area (Å²) in [5.41, 5.74) is 0. The molecule has 6 heteroatoms. The molecule has 0 bridgehead atoms. The lowest BCUT2D eigenvalue weighted by Crippen LogP contribution is -2.49. The van der Waals surface area contributed by atoms with Crippen molar-refractivity contribution in [3.63, 3.8) is 0 Å². The van der Waals surface area contributed by atoms with E-state index >= 15 is 0 Å². The van der Waals surface area contributed by atoms with Gasteiger partial charge in [-0.05, 0) is 12.3 Å². The molecule has 96 valence electrons. The lowest BCUT2D eigenvalue weighted by molar-refractivity contribution is -0.165. The quantitative estimate of drug-likeness (QED) is 0.741. The fourth-order valence-corrected chi connectivity index (χ4v) is 1.26. The van der Waals surface area contributed by atoms with Gasteiger partial charge in [0.25, 0.3) is 0 Å². The van der Waals surface area contributed by atoms with E-state index in [0.29, 0.717) is 6.54 Å². The Kier molecular flexibility index (Phi) is 6.40. The molecule has 2 N–H and O–H groups in total. The normalized spacial score (nSPS) is 13.9. The Morgan fingerprint density at radius 1 is 1.31 bits per heavy atom. The van der Waals surface area contributed by atoms with Gasteiger partial charge in [-0.1, -0.05) is 20.8 Å². The molecule has 0 aliphatic carbocycles. The third kappa shape index (κ3) is 5.95. The molecule has 0 unspecified atom stereocenters. The topological polar surface area (TPSA) is 41.1 Å². The van der Waals surface area contributed by atoms with Gasteiger partial charge in [0, 0.05) is 6.54 Å². The fourth-order valence-electron chi connectivity index (χ4n) is 1.26. The summed E-state index contributed by atoms with van der Waals surface area (Å²) in [6, 6.07) is -1.64. The molecular formula is C10H19F3N2O. The number of amides is 1. The van der Waals surface area contributed by atoms with Crippen LogP contribution in [0.25, 0.3) is 0 Å². The van der Waals surface area contributed by atoms with Gasteiger partial charge in [-0.15, -0.1) is 0 Å². The Hall–Kier alpha value is -0.780. The van der Waals surface area contributed by atoms with Crippen LogP contribution in [0.3, 0.4) is 0 Å². The van der Waals surface area contributed by atoms with Crippen LogP contribution in [0.15, 0.2) is 0 Å². The third-order valence-electron chi connectivity index (χ3n) is 2.07. The number of hydrogen-bond acceptors (Lipinski definition) is 2. The van der Waals surface area contributed by atoms with E-state index in [1.54, 1.807) is 0 Å². The van der Waals surface area contributed by atoms with Crippen LogP contribution in [0.1, 0.15) is 27.2 Å². The van der Waals surface area contributed by atoms with Crippen LogP contribution < -0.4 is 10.6 Å². The van der Waals surface area contributed by atoms with Gasteiger partial charge in [0.15, 0.2) is 0 Å². The summed E-state index contributed by atoms with van der Waals surface area (Å²) < 4.78 is 37.4. The van der Waals surface area contributed by atoms with E-state index in [9.17, 15) is 18.0 Å². The predicted octanol–water partition coefficient (Wildman–Crippen LogP) is 1.69. The van der Waals surface area contributed by atoms with Gasteiger partial charge in [-0.3, -0.25) is 10.1 Å². The third-order valence-corrected chi connectivity index (χ3v) is 2.07. The van der Waals surface area contributed by atoms with Gasteiger partial charge in [0.05, 0.1) is 6.54 Å². The van der Waals surface area contributed by atoms with Crippen molar-refractivity contribution in [1.82, 2.24) is 10.6 Å². The summed E-state index contributed by atoms with van der Waals surface area (Å²) in [6.45, 7) is 4.99. The average molecular weight is 240 g/mol. The Balaban J connectivity index is 4.08. The number of rotatable bonds is 6. The second kappa shape index (κ2) is 6.73. The molecule has 0 aliphatic heterocycles. The first-order valence-electron chi connectivity index (χ1n) is 5.35. The summed E-state index contributed by atoms with van der Waals surface area (Å²) in [5, 5.41) is 4.74. The molecule has 16 heavy (non-hydrogen) atoms. The largest absolute Gasteiger partial charge is 0.404 e. The monoisotopic (exact) mass is 240 g/mol. The maximum Gasteiger partial charge on any atom is 0.404 e. The SMILES string of the molecule is CCCNC(=O)CN[C@@H](C(C)C)C(F)(F)F. The first kappa shape index (κ1) is 15.2. The minimum Gasteiger partial charge on any atom is -0.355 e. The van der Waals surface area contributed by atoms with Crippen molar-refractivity contribution < 1.29 is 18.0 Å². The minimum absolute atomic E-state index is 0.303. The second-order valence-electron chi connectivity index (χ2n) is 3.99. The molecule has 0 aromatic carbocycles. The standard InChI is InChI=1S/C10H19F3N2O/c1-4-5-14-8(16)6-15-9(7(2)3)10(11,12)13/h7,9,15H,4-6H2,1-3H3,(H,14,16)/t9-/m0/s1. The van der Waals surface area contributed by atoms with Crippen molar-refractivity contribution in [1.29, 1.82) is 0 Å². The Labute approximate surface area is 93.8 Å². The molecule has 1 amide bonds. The summed E-state index contributed by atoms with van der Waals surface area (Å²) in [6.07, 6.45) is -3.56. The molecule has 3 nitrogen and oxygen atoms in total. The van der Waals surface area contributed by atoms with E-state index in [1.807, 2.05) is 6.92 Å². The predicted molar refractivity (Wildman–Crippen MR) is 56.0 cm³/mol. The first-order chi connectivity index (χ1) is 7.29. The summed E-state index contributed by atoms with van der Waals surface area (Å²) >= 11 is 0. The van der Waals surface area contributed by atoms with Gasteiger partial charge < -0.3 is 5.32 Å². The maximum atomic E-state index is 12.5. The van der Waals surface area contributed by atoms with Gasteiger partial charge >= 0.3 is 6.18 Å². The Morgan fingerprint density at radius 2 is 1.88 bits per heavy atom. The van der Waals surface area contributed by atoms with Gasteiger partial charge in [0.1, 0.15) is 6.04 Å². The zero-order valence-electron chi connectivity index (χ0n) is 9.82. The zero-order chi connectivity index (χ0) is 12.8. The molecule has 0 aromatic rings. The van der Waals surface area contributed by atoms with Crippen LogP contribution in [0.4, 0.5) is 13.2 Å². The van der Waals surface area contributed by atoms with Crippen LogP contribution in [0, 0.1) is 5.92 Å².